The Morgan fingerprint density at radius 3 is 2.94 bits per heavy atom. The Bertz CT molecular complexity index is 371. The van der Waals surface area contributed by atoms with Crippen molar-refractivity contribution in [2.24, 2.45) is 0 Å². The zero-order valence-electron chi connectivity index (χ0n) is 10.2. The van der Waals surface area contributed by atoms with E-state index in [0.717, 1.165) is 11.5 Å². The topological polar surface area (TPSA) is 67.2 Å². The lowest BCUT2D eigenvalue weighted by atomic mass is 10.3. The highest BCUT2D eigenvalue weighted by molar-refractivity contribution is 7.99. The first-order chi connectivity index (χ1) is 8.11. The van der Waals surface area contributed by atoms with Crippen molar-refractivity contribution in [1.29, 1.82) is 0 Å². The maximum atomic E-state index is 11.6. The average Bonchev–Trinajstić information content (AvgIpc) is 2.26. The van der Waals surface area contributed by atoms with Gasteiger partial charge in [0.25, 0.3) is 0 Å². The van der Waals surface area contributed by atoms with Crippen LogP contribution in [-0.2, 0) is 0 Å². The van der Waals surface area contributed by atoms with Crippen LogP contribution < -0.4 is 16.4 Å². The maximum Gasteiger partial charge on any atom is 0.319 e. The molecule has 1 unspecified atom stereocenters. The Hall–Kier alpha value is -1.36. The minimum absolute atomic E-state index is 0.154. The molecule has 0 fully saturated rings. The van der Waals surface area contributed by atoms with Crippen molar-refractivity contribution in [3.05, 3.63) is 24.3 Å². The average molecular weight is 253 g/mol. The summed E-state index contributed by atoms with van der Waals surface area (Å²) in [6, 6.07) is 7.08. The third kappa shape index (κ3) is 5.49. The number of nitrogen functional groups attached to an aromatic ring is 1. The van der Waals surface area contributed by atoms with Crippen LogP contribution in [0.4, 0.5) is 16.2 Å². The van der Waals surface area contributed by atoms with Gasteiger partial charge in [-0.1, -0.05) is 13.0 Å². The fourth-order valence-corrected chi connectivity index (χ4v) is 2.02. The van der Waals surface area contributed by atoms with Crippen LogP contribution in [0.3, 0.4) is 0 Å². The lowest BCUT2D eigenvalue weighted by molar-refractivity contribution is 0.250. The minimum Gasteiger partial charge on any atom is -0.399 e. The lowest BCUT2D eigenvalue weighted by Gasteiger charge is -2.14. The fourth-order valence-electron chi connectivity index (χ4n) is 1.34. The second-order valence-corrected chi connectivity index (χ2v) is 5.10. The standard InChI is InChI=1S/C12H19N3OS/c1-3-17-8-9(2)14-12(16)15-11-6-4-5-10(13)7-11/h4-7,9H,3,8,13H2,1-2H3,(H2,14,15,16). The zero-order chi connectivity index (χ0) is 12.7. The number of rotatable bonds is 5. The number of nitrogens with one attached hydrogen (secondary N) is 2. The normalized spacial score (nSPS) is 11.9. The number of anilines is 2. The van der Waals surface area contributed by atoms with Crippen molar-refractivity contribution in [3.63, 3.8) is 0 Å². The molecule has 0 spiro atoms. The van der Waals surface area contributed by atoms with Crippen LogP contribution >= 0.6 is 11.8 Å². The second kappa shape index (κ2) is 7.06. The Morgan fingerprint density at radius 1 is 1.53 bits per heavy atom. The Morgan fingerprint density at radius 2 is 2.29 bits per heavy atom. The van der Waals surface area contributed by atoms with Crippen LogP contribution in [0.2, 0.25) is 0 Å². The van der Waals surface area contributed by atoms with Gasteiger partial charge in [-0.3, -0.25) is 0 Å². The summed E-state index contributed by atoms with van der Waals surface area (Å²) in [5, 5.41) is 5.62. The van der Waals surface area contributed by atoms with E-state index in [0.29, 0.717) is 11.4 Å². The summed E-state index contributed by atoms with van der Waals surface area (Å²) in [5.74, 6) is 1.98. The predicted molar refractivity (Wildman–Crippen MR) is 75.5 cm³/mol. The molecule has 0 aliphatic carbocycles. The highest BCUT2D eigenvalue weighted by atomic mass is 32.2. The quantitative estimate of drug-likeness (QED) is 0.706. The first kappa shape index (κ1) is 13.7. The molecule has 1 atom stereocenters. The first-order valence-corrected chi connectivity index (χ1v) is 6.78. The largest absolute Gasteiger partial charge is 0.399 e. The second-order valence-electron chi connectivity index (χ2n) is 3.78. The van der Waals surface area contributed by atoms with E-state index in [9.17, 15) is 4.79 Å². The monoisotopic (exact) mass is 253 g/mol. The molecule has 0 bridgehead atoms. The summed E-state index contributed by atoms with van der Waals surface area (Å²) >= 11 is 1.80. The van der Waals surface area contributed by atoms with Gasteiger partial charge in [0.2, 0.25) is 0 Å². The third-order valence-electron chi connectivity index (χ3n) is 2.09. The molecule has 1 aromatic rings. The van der Waals surface area contributed by atoms with Crippen molar-refractivity contribution in [1.82, 2.24) is 5.32 Å². The van der Waals surface area contributed by atoms with Gasteiger partial charge in [0.05, 0.1) is 0 Å². The number of hydrogen-bond donors (Lipinski definition) is 3. The van der Waals surface area contributed by atoms with E-state index >= 15 is 0 Å². The highest BCUT2D eigenvalue weighted by Crippen LogP contribution is 2.11. The van der Waals surface area contributed by atoms with Crippen molar-refractivity contribution >= 4 is 29.2 Å². The molecule has 1 rings (SSSR count). The molecular weight excluding hydrogens is 234 g/mol. The van der Waals surface area contributed by atoms with E-state index in [1.54, 1.807) is 36.0 Å². The zero-order valence-corrected chi connectivity index (χ0v) is 11.0. The summed E-state index contributed by atoms with van der Waals surface area (Å²) in [7, 11) is 0. The number of nitrogens with two attached hydrogens (primary N) is 1. The third-order valence-corrected chi connectivity index (χ3v) is 3.24. The molecule has 17 heavy (non-hydrogen) atoms. The van der Waals surface area contributed by atoms with Crippen LogP contribution in [0.15, 0.2) is 24.3 Å². The maximum absolute atomic E-state index is 11.6. The number of carbonyl (C=O) groups excluding carboxylic acids is 1. The molecule has 0 saturated carbocycles. The van der Waals surface area contributed by atoms with Gasteiger partial charge in [0, 0.05) is 23.2 Å². The van der Waals surface area contributed by atoms with Crippen LogP contribution in [-0.4, -0.2) is 23.6 Å². The summed E-state index contributed by atoms with van der Waals surface area (Å²) in [6.45, 7) is 4.09. The van der Waals surface area contributed by atoms with Gasteiger partial charge in [-0.15, -0.1) is 0 Å². The molecule has 4 N–H and O–H groups in total. The Kier molecular flexibility index (Phi) is 5.69. The lowest BCUT2D eigenvalue weighted by Crippen LogP contribution is -2.37. The molecule has 0 saturated heterocycles. The minimum atomic E-state index is -0.195. The summed E-state index contributed by atoms with van der Waals surface area (Å²) in [4.78, 5) is 11.6. The van der Waals surface area contributed by atoms with Crippen LogP contribution in [0.25, 0.3) is 0 Å². The van der Waals surface area contributed by atoms with Gasteiger partial charge in [0.1, 0.15) is 0 Å². The van der Waals surface area contributed by atoms with Crippen LogP contribution in [0.5, 0.6) is 0 Å². The molecule has 0 radical (unpaired) electrons. The summed E-state index contributed by atoms with van der Waals surface area (Å²) in [6.07, 6.45) is 0. The number of amides is 2. The van der Waals surface area contributed by atoms with Crippen molar-refractivity contribution < 1.29 is 4.79 Å². The van der Waals surface area contributed by atoms with E-state index < -0.39 is 0 Å². The van der Waals surface area contributed by atoms with Gasteiger partial charge in [-0.2, -0.15) is 11.8 Å². The molecule has 0 aromatic heterocycles. The van der Waals surface area contributed by atoms with Crippen molar-refractivity contribution in [2.75, 3.05) is 22.6 Å². The number of urea groups is 1. The van der Waals surface area contributed by atoms with Gasteiger partial charge >= 0.3 is 6.03 Å². The molecule has 4 nitrogen and oxygen atoms in total. The van der Waals surface area contributed by atoms with E-state index in [-0.39, 0.29) is 12.1 Å². The molecule has 0 aliphatic rings. The number of hydrogen-bond acceptors (Lipinski definition) is 3. The van der Waals surface area contributed by atoms with Crippen LogP contribution in [0.1, 0.15) is 13.8 Å². The first-order valence-electron chi connectivity index (χ1n) is 5.62. The molecular formula is C12H19N3OS. The van der Waals surface area contributed by atoms with Gasteiger partial charge < -0.3 is 16.4 Å². The molecule has 0 aliphatic heterocycles. The number of carbonyl (C=O) groups is 1. The Labute approximate surface area is 106 Å². The Balaban J connectivity index is 2.39. The molecule has 94 valence electrons. The van der Waals surface area contributed by atoms with Gasteiger partial charge in [-0.25, -0.2) is 4.79 Å². The summed E-state index contributed by atoms with van der Waals surface area (Å²) in [5.41, 5.74) is 6.97. The summed E-state index contributed by atoms with van der Waals surface area (Å²) < 4.78 is 0. The SMILES string of the molecule is CCSCC(C)NC(=O)Nc1cccc(N)c1. The number of benzene rings is 1. The van der Waals surface area contributed by atoms with Gasteiger partial charge in [0.15, 0.2) is 0 Å². The predicted octanol–water partition coefficient (Wildman–Crippen LogP) is 2.53. The van der Waals surface area contributed by atoms with Gasteiger partial charge in [-0.05, 0) is 30.9 Å². The van der Waals surface area contributed by atoms with E-state index in [1.165, 1.54) is 0 Å². The smallest absolute Gasteiger partial charge is 0.319 e. The van der Waals surface area contributed by atoms with Crippen molar-refractivity contribution in [3.8, 4) is 0 Å². The molecule has 1 aromatic carbocycles. The van der Waals surface area contributed by atoms with E-state index in [4.69, 9.17) is 5.73 Å². The van der Waals surface area contributed by atoms with E-state index in [1.807, 2.05) is 6.92 Å². The fraction of sp³-hybridized carbons (Fsp3) is 0.417. The molecule has 0 heterocycles. The molecule has 5 heteroatoms. The number of thioether (sulfide) groups is 1. The van der Waals surface area contributed by atoms with E-state index in [2.05, 4.69) is 17.6 Å². The van der Waals surface area contributed by atoms with Crippen molar-refractivity contribution in [2.45, 2.75) is 19.9 Å². The molecule has 2 amide bonds. The highest BCUT2D eigenvalue weighted by Gasteiger charge is 2.06. The van der Waals surface area contributed by atoms with Crippen LogP contribution in [0, 0.1) is 0 Å².